The third kappa shape index (κ3) is 8.20. The van der Waals surface area contributed by atoms with E-state index in [0.29, 0.717) is 17.9 Å². The van der Waals surface area contributed by atoms with Gasteiger partial charge < -0.3 is 35.2 Å². The van der Waals surface area contributed by atoms with Crippen molar-refractivity contribution >= 4 is 11.6 Å². The summed E-state index contributed by atoms with van der Waals surface area (Å²) in [7, 11) is 0. The van der Waals surface area contributed by atoms with Crippen LogP contribution < -0.4 is 10.1 Å². The van der Waals surface area contributed by atoms with Gasteiger partial charge in [-0.15, -0.1) is 0 Å². The van der Waals surface area contributed by atoms with Crippen LogP contribution in [0.2, 0.25) is 0 Å². The lowest BCUT2D eigenvalue weighted by atomic mass is 9.99. The van der Waals surface area contributed by atoms with Gasteiger partial charge in [-0.25, -0.2) is 0 Å². The number of unbranched alkanes of at least 4 members (excludes halogenated alkanes) is 8. The topological polar surface area (TPSA) is 128 Å². The fourth-order valence-corrected chi connectivity index (χ4v) is 4.16. The first-order chi connectivity index (χ1) is 16.3. The molecule has 8 heteroatoms. The summed E-state index contributed by atoms with van der Waals surface area (Å²) in [5, 5.41) is 42.4. The number of aliphatic hydroxyl groups excluding tert-OH is 4. The van der Waals surface area contributed by atoms with Crippen LogP contribution in [0.25, 0.3) is 0 Å². The van der Waals surface area contributed by atoms with Crippen LogP contribution in [-0.2, 0) is 9.53 Å². The fraction of sp³-hybridized carbons (Fsp3) is 0.731. The summed E-state index contributed by atoms with van der Waals surface area (Å²) >= 11 is 0. The van der Waals surface area contributed by atoms with Crippen LogP contribution in [0.15, 0.2) is 12.1 Å². The Kier molecular flexibility index (Phi) is 12.3. The lowest BCUT2D eigenvalue weighted by Gasteiger charge is -2.39. The molecule has 0 saturated carbocycles. The molecule has 1 heterocycles. The summed E-state index contributed by atoms with van der Waals surface area (Å²) in [6.07, 6.45) is 4.61. The van der Waals surface area contributed by atoms with Crippen LogP contribution in [0.3, 0.4) is 0 Å². The molecule has 2 unspecified atom stereocenters. The Morgan fingerprint density at radius 1 is 0.912 bits per heavy atom. The molecule has 1 saturated heterocycles. The highest BCUT2D eigenvalue weighted by atomic mass is 16.7. The number of benzene rings is 1. The lowest BCUT2D eigenvalue weighted by molar-refractivity contribution is -0.277. The standard InChI is InChI=1S/C26H43NO7/c1-4-5-6-7-8-9-10-11-12-13-22(29)27-19-14-15-20(18(3)17(19)2)33-26-25(32)24(31)23(30)21(16-28)34-26/h14-15,21,23-26,28,30-32H,4-13,16H2,1-3H3,(H,27,29)/t21?,23-,24-,25?,26+/m0/s1. The minimum atomic E-state index is -1.50. The van der Waals surface area contributed by atoms with E-state index in [1.54, 1.807) is 12.1 Å². The molecule has 0 spiro atoms. The van der Waals surface area contributed by atoms with Crippen molar-refractivity contribution in [3.63, 3.8) is 0 Å². The molecule has 1 aromatic rings. The number of nitrogens with one attached hydrogen (secondary N) is 1. The van der Waals surface area contributed by atoms with Gasteiger partial charge >= 0.3 is 0 Å². The number of hydrogen-bond acceptors (Lipinski definition) is 7. The van der Waals surface area contributed by atoms with Gasteiger partial charge in [0, 0.05) is 12.1 Å². The number of amides is 1. The van der Waals surface area contributed by atoms with Gasteiger partial charge in [0.2, 0.25) is 12.2 Å². The molecule has 8 nitrogen and oxygen atoms in total. The molecule has 2 rings (SSSR count). The number of anilines is 1. The van der Waals surface area contributed by atoms with Gasteiger partial charge in [0.05, 0.1) is 6.61 Å². The first kappa shape index (κ1) is 28.5. The average molecular weight is 482 g/mol. The zero-order valence-electron chi connectivity index (χ0n) is 20.8. The molecule has 0 bridgehead atoms. The van der Waals surface area contributed by atoms with Crippen LogP contribution in [0, 0.1) is 13.8 Å². The van der Waals surface area contributed by atoms with E-state index < -0.39 is 37.3 Å². The maximum atomic E-state index is 12.4. The second kappa shape index (κ2) is 14.6. The fourth-order valence-electron chi connectivity index (χ4n) is 4.16. The highest BCUT2D eigenvalue weighted by molar-refractivity contribution is 5.91. The van der Waals surface area contributed by atoms with Gasteiger partial charge in [0.15, 0.2) is 0 Å². The molecule has 1 aliphatic rings. The number of aliphatic hydroxyl groups is 4. The molecule has 1 fully saturated rings. The second-order valence-corrected chi connectivity index (χ2v) is 9.30. The summed E-state index contributed by atoms with van der Waals surface area (Å²) in [4.78, 5) is 12.4. The van der Waals surface area contributed by atoms with E-state index in [1.165, 1.54) is 44.9 Å². The third-order valence-electron chi connectivity index (χ3n) is 6.61. The van der Waals surface area contributed by atoms with Crippen molar-refractivity contribution in [2.24, 2.45) is 0 Å². The van der Waals surface area contributed by atoms with Gasteiger partial charge in [-0.3, -0.25) is 4.79 Å². The van der Waals surface area contributed by atoms with E-state index >= 15 is 0 Å². The third-order valence-corrected chi connectivity index (χ3v) is 6.61. The van der Waals surface area contributed by atoms with Crippen LogP contribution >= 0.6 is 0 Å². The van der Waals surface area contributed by atoms with E-state index in [0.717, 1.165) is 24.0 Å². The van der Waals surface area contributed by atoms with Crippen molar-refractivity contribution in [1.82, 2.24) is 0 Å². The smallest absolute Gasteiger partial charge is 0.229 e. The van der Waals surface area contributed by atoms with Crippen LogP contribution in [-0.4, -0.2) is 63.6 Å². The summed E-state index contributed by atoms with van der Waals surface area (Å²) < 4.78 is 11.2. The zero-order valence-corrected chi connectivity index (χ0v) is 20.8. The first-order valence-corrected chi connectivity index (χ1v) is 12.7. The van der Waals surface area contributed by atoms with Gasteiger partial charge in [0.1, 0.15) is 30.2 Å². The molecule has 5 atom stereocenters. The highest BCUT2D eigenvalue weighted by Gasteiger charge is 2.44. The molecule has 1 amide bonds. The summed E-state index contributed by atoms with van der Waals surface area (Å²) in [5.41, 5.74) is 2.26. The molecule has 5 N–H and O–H groups in total. The zero-order chi connectivity index (χ0) is 25.1. The minimum absolute atomic E-state index is 0.0203. The predicted molar refractivity (Wildman–Crippen MR) is 131 cm³/mol. The van der Waals surface area contributed by atoms with Crippen LogP contribution in [0.4, 0.5) is 5.69 Å². The Labute approximate surface area is 203 Å². The Bertz CT molecular complexity index is 755. The SMILES string of the molecule is CCCCCCCCCCCC(=O)Nc1ccc(O[C@@H]2OC(CO)[C@H](O)[C@H](O)C2O)c(C)c1C. The van der Waals surface area contributed by atoms with Crippen molar-refractivity contribution in [1.29, 1.82) is 0 Å². The van der Waals surface area contributed by atoms with E-state index in [9.17, 15) is 25.2 Å². The Morgan fingerprint density at radius 3 is 2.15 bits per heavy atom. The molecule has 0 aliphatic carbocycles. The van der Waals surface area contributed by atoms with Gasteiger partial charge in [-0.05, 0) is 43.5 Å². The molecule has 194 valence electrons. The Morgan fingerprint density at radius 2 is 1.53 bits per heavy atom. The monoisotopic (exact) mass is 481 g/mol. The quantitative estimate of drug-likeness (QED) is 0.258. The first-order valence-electron chi connectivity index (χ1n) is 12.7. The second-order valence-electron chi connectivity index (χ2n) is 9.30. The summed E-state index contributed by atoms with van der Waals surface area (Å²) in [6, 6.07) is 3.40. The average Bonchev–Trinajstić information content (AvgIpc) is 2.82. The number of carbonyl (C=O) groups excluding carboxylic acids is 1. The van der Waals surface area contributed by atoms with Crippen molar-refractivity contribution < 1.29 is 34.7 Å². The summed E-state index contributed by atoms with van der Waals surface area (Å²) in [6.45, 7) is 5.39. The minimum Gasteiger partial charge on any atom is -0.462 e. The molecule has 1 aromatic carbocycles. The highest BCUT2D eigenvalue weighted by Crippen LogP contribution is 2.31. The van der Waals surface area contributed by atoms with Crippen molar-refractivity contribution in [3.8, 4) is 5.75 Å². The van der Waals surface area contributed by atoms with E-state index in [2.05, 4.69) is 12.2 Å². The van der Waals surface area contributed by atoms with Crippen molar-refractivity contribution in [3.05, 3.63) is 23.3 Å². The van der Waals surface area contributed by atoms with Crippen LogP contribution in [0.5, 0.6) is 5.75 Å². The van der Waals surface area contributed by atoms with Crippen LogP contribution in [0.1, 0.15) is 82.3 Å². The van der Waals surface area contributed by atoms with Gasteiger partial charge in [0.25, 0.3) is 0 Å². The molecular weight excluding hydrogens is 438 g/mol. The van der Waals surface area contributed by atoms with Crippen molar-refractivity contribution in [2.45, 2.75) is 116 Å². The molecule has 0 radical (unpaired) electrons. The molecular formula is C26H43NO7. The summed E-state index contributed by atoms with van der Waals surface area (Å²) in [5.74, 6) is 0.395. The normalized spacial score (nSPS) is 24.7. The molecule has 34 heavy (non-hydrogen) atoms. The maximum absolute atomic E-state index is 12.4. The Hall–Kier alpha value is -1.71. The van der Waals surface area contributed by atoms with Gasteiger partial charge in [-0.2, -0.15) is 0 Å². The number of carbonyl (C=O) groups is 1. The van der Waals surface area contributed by atoms with Crippen molar-refractivity contribution in [2.75, 3.05) is 11.9 Å². The molecule has 0 aromatic heterocycles. The number of ether oxygens (including phenoxy) is 2. The number of hydrogen-bond donors (Lipinski definition) is 5. The van der Waals surface area contributed by atoms with E-state index in [-0.39, 0.29) is 5.91 Å². The molecule has 1 aliphatic heterocycles. The van der Waals surface area contributed by atoms with E-state index in [4.69, 9.17) is 9.47 Å². The Balaban J connectivity index is 1.82. The van der Waals surface area contributed by atoms with E-state index in [1.807, 2.05) is 13.8 Å². The number of rotatable bonds is 14. The predicted octanol–water partition coefficient (Wildman–Crippen LogP) is 3.34. The maximum Gasteiger partial charge on any atom is 0.229 e. The van der Waals surface area contributed by atoms with Gasteiger partial charge in [-0.1, -0.05) is 58.3 Å². The largest absolute Gasteiger partial charge is 0.462 e. The lowest BCUT2D eigenvalue weighted by Crippen LogP contribution is -2.60.